The van der Waals surface area contributed by atoms with E-state index in [2.05, 4.69) is 29.1 Å². The molecule has 0 amide bonds. The van der Waals surface area contributed by atoms with Crippen LogP contribution in [0.4, 0.5) is 5.82 Å². The van der Waals surface area contributed by atoms with E-state index in [-0.39, 0.29) is 0 Å². The van der Waals surface area contributed by atoms with Gasteiger partial charge in [0.05, 0.1) is 11.1 Å². The molecule has 0 saturated carbocycles. The van der Waals surface area contributed by atoms with Crippen molar-refractivity contribution in [1.82, 2.24) is 4.98 Å². The van der Waals surface area contributed by atoms with Crippen molar-refractivity contribution in [1.29, 1.82) is 0 Å². The van der Waals surface area contributed by atoms with Crippen LogP contribution in [-0.2, 0) is 0 Å². The standard InChI is InChI=1S/C16H16ClN3OS/c1-10-11(2)22-16(19-10)20-15-14(8-12(17)9-18-15)21-13-6-4-3-5-7-13/h3-11H,1-2H3,(H,18,19,20). The highest BCUT2D eigenvalue weighted by molar-refractivity contribution is 8.15. The summed E-state index contributed by atoms with van der Waals surface area (Å²) in [5.74, 6) is 1.92. The Balaban J connectivity index is 1.84. The van der Waals surface area contributed by atoms with Gasteiger partial charge in [0, 0.05) is 17.5 Å². The first-order chi connectivity index (χ1) is 10.6. The minimum absolute atomic E-state index is 0.290. The summed E-state index contributed by atoms with van der Waals surface area (Å²) >= 11 is 7.74. The highest BCUT2D eigenvalue weighted by Gasteiger charge is 2.23. The molecule has 1 aliphatic rings. The zero-order valence-corrected chi connectivity index (χ0v) is 13.9. The molecule has 2 atom stereocenters. The molecule has 1 aliphatic heterocycles. The third kappa shape index (κ3) is 3.54. The molecule has 0 radical (unpaired) electrons. The van der Waals surface area contributed by atoms with Crippen LogP contribution in [0.2, 0.25) is 5.02 Å². The molecule has 4 nitrogen and oxygen atoms in total. The maximum atomic E-state index is 6.04. The second-order valence-corrected chi connectivity index (χ2v) is 6.84. The van der Waals surface area contributed by atoms with E-state index in [0.717, 1.165) is 10.9 Å². The van der Waals surface area contributed by atoms with Crippen LogP contribution in [0.15, 0.2) is 47.6 Å². The van der Waals surface area contributed by atoms with Gasteiger partial charge < -0.3 is 10.1 Å². The summed E-state index contributed by atoms with van der Waals surface area (Å²) in [7, 11) is 0. The van der Waals surface area contributed by atoms with Gasteiger partial charge in [-0.15, -0.1) is 0 Å². The van der Waals surface area contributed by atoms with E-state index >= 15 is 0 Å². The van der Waals surface area contributed by atoms with Crippen LogP contribution in [0.1, 0.15) is 13.8 Å². The lowest BCUT2D eigenvalue weighted by Gasteiger charge is -2.12. The first-order valence-electron chi connectivity index (χ1n) is 7.02. The van der Waals surface area contributed by atoms with Crippen molar-refractivity contribution >= 4 is 34.3 Å². The van der Waals surface area contributed by atoms with Crippen LogP contribution in [0.3, 0.4) is 0 Å². The average molecular weight is 334 g/mol. The summed E-state index contributed by atoms with van der Waals surface area (Å²) in [5.41, 5.74) is 0. The van der Waals surface area contributed by atoms with Gasteiger partial charge >= 0.3 is 0 Å². The van der Waals surface area contributed by atoms with Gasteiger partial charge in [-0.25, -0.2) is 4.98 Å². The number of aliphatic imine (C=N–C) groups is 1. The predicted octanol–water partition coefficient (Wildman–Crippen LogP) is 4.82. The second-order valence-electron chi connectivity index (χ2n) is 5.04. The highest BCUT2D eigenvalue weighted by Crippen LogP contribution is 2.33. The van der Waals surface area contributed by atoms with Crippen molar-refractivity contribution in [3.05, 3.63) is 47.6 Å². The SMILES string of the molecule is CC1N=C(Nc2ncc(Cl)cc2Oc2ccccc2)SC1C. The maximum Gasteiger partial charge on any atom is 0.175 e. The van der Waals surface area contributed by atoms with E-state index in [1.165, 1.54) is 0 Å². The van der Waals surface area contributed by atoms with Crippen molar-refractivity contribution < 1.29 is 4.74 Å². The monoisotopic (exact) mass is 333 g/mol. The number of para-hydroxylation sites is 1. The Morgan fingerprint density at radius 1 is 1.23 bits per heavy atom. The van der Waals surface area contributed by atoms with Gasteiger partial charge in [-0.1, -0.05) is 48.5 Å². The van der Waals surface area contributed by atoms with E-state index in [0.29, 0.717) is 27.9 Å². The normalized spacial score (nSPS) is 20.6. The van der Waals surface area contributed by atoms with Gasteiger partial charge in [0.1, 0.15) is 5.75 Å². The van der Waals surface area contributed by atoms with Crippen LogP contribution in [0.5, 0.6) is 11.5 Å². The number of hydrogen-bond acceptors (Lipinski definition) is 5. The number of nitrogens with one attached hydrogen (secondary N) is 1. The third-order valence-electron chi connectivity index (χ3n) is 3.31. The number of ether oxygens (including phenoxy) is 1. The molecule has 22 heavy (non-hydrogen) atoms. The summed E-state index contributed by atoms with van der Waals surface area (Å²) in [5, 5.41) is 5.07. The first-order valence-corrected chi connectivity index (χ1v) is 8.27. The maximum absolute atomic E-state index is 6.04. The molecule has 0 spiro atoms. The smallest absolute Gasteiger partial charge is 0.175 e. The number of thioether (sulfide) groups is 1. The molecule has 2 unspecified atom stereocenters. The van der Waals surface area contributed by atoms with E-state index in [1.54, 1.807) is 24.0 Å². The van der Waals surface area contributed by atoms with Crippen LogP contribution >= 0.6 is 23.4 Å². The summed E-state index contributed by atoms with van der Waals surface area (Å²) in [4.78, 5) is 8.90. The van der Waals surface area contributed by atoms with Gasteiger partial charge in [-0.2, -0.15) is 0 Å². The Morgan fingerprint density at radius 3 is 2.68 bits per heavy atom. The van der Waals surface area contributed by atoms with Gasteiger partial charge in [0.2, 0.25) is 0 Å². The minimum atomic E-state index is 0.290. The van der Waals surface area contributed by atoms with Crippen molar-refractivity contribution in [3.8, 4) is 11.5 Å². The highest BCUT2D eigenvalue weighted by atomic mass is 35.5. The Bertz CT molecular complexity index is 693. The summed E-state index contributed by atoms with van der Waals surface area (Å²) in [6, 6.07) is 11.6. The number of hydrogen-bond donors (Lipinski definition) is 1. The van der Waals surface area contributed by atoms with E-state index in [1.807, 2.05) is 30.3 Å². The summed E-state index contributed by atoms with van der Waals surface area (Å²) in [6.07, 6.45) is 1.59. The lowest BCUT2D eigenvalue weighted by atomic mass is 10.3. The third-order valence-corrected chi connectivity index (χ3v) is 4.72. The molecule has 6 heteroatoms. The lowest BCUT2D eigenvalue weighted by Crippen LogP contribution is -2.09. The van der Waals surface area contributed by atoms with E-state index in [9.17, 15) is 0 Å². The van der Waals surface area contributed by atoms with Crippen molar-refractivity contribution in [3.63, 3.8) is 0 Å². The largest absolute Gasteiger partial charge is 0.453 e. The Kier molecular flexibility index (Phi) is 4.55. The Morgan fingerprint density at radius 2 is 2.00 bits per heavy atom. The predicted molar refractivity (Wildman–Crippen MR) is 93.3 cm³/mol. The molecule has 0 bridgehead atoms. The number of rotatable bonds is 3. The van der Waals surface area contributed by atoms with Crippen LogP contribution in [-0.4, -0.2) is 21.4 Å². The van der Waals surface area contributed by atoms with Crippen LogP contribution in [0.25, 0.3) is 0 Å². The van der Waals surface area contributed by atoms with Crippen LogP contribution < -0.4 is 10.1 Å². The number of aromatic nitrogens is 1. The topological polar surface area (TPSA) is 46.5 Å². The zero-order chi connectivity index (χ0) is 15.5. The molecule has 2 aromatic rings. The van der Waals surface area contributed by atoms with Gasteiger partial charge in [-0.3, -0.25) is 4.99 Å². The molecule has 0 saturated heterocycles. The molecule has 0 fully saturated rings. The quantitative estimate of drug-likeness (QED) is 0.874. The van der Waals surface area contributed by atoms with Gasteiger partial charge in [-0.05, 0) is 19.1 Å². The Hall–Kier alpha value is -1.72. The van der Waals surface area contributed by atoms with Crippen molar-refractivity contribution in [2.24, 2.45) is 4.99 Å². The zero-order valence-electron chi connectivity index (χ0n) is 12.3. The Labute approximate surface area is 139 Å². The van der Waals surface area contributed by atoms with E-state index < -0.39 is 0 Å². The molecule has 1 aromatic carbocycles. The molecule has 2 heterocycles. The lowest BCUT2D eigenvalue weighted by molar-refractivity contribution is 0.483. The molecule has 0 aliphatic carbocycles. The molecule has 114 valence electrons. The van der Waals surface area contributed by atoms with Gasteiger partial charge in [0.15, 0.2) is 16.7 Å². The fourth-order valence-electron chi connectivity index (χ4n) is 1.97. The molecular weight excluding hydrogens is 318 g/mol. The second kappa shape index (κ2) is 6.58. The fourth-order valence-corrected chi connectivity index (χ4v) is 3.11. The fraction of sp³-hybridized carbons (Fsp3) is 0.250. The van der Waals surface area contributed by atoms with E-state index in [4.69, 9.17) is 16.3 Å². The first kappa shape index (κ1) is 15.2. The number of amidine groups is 1. The van der Waals surface area contributed by atoms with Gasteiger partial charge in [0.25, 0.3) is 0 Å². The number of halogens is 1. The molecule has 3 rings (SSSR count). The van der Waals surface area contributed by atoms with Crippen LogP contribution in [0, 0.1) is 0 Å². The number of anilines is 1. The minimum Gasteiger partial charge on any atom is -0.453 e. The number of benzene rings is 1. The molecular formula is C16H16ClN3OS. The number of nitrogens with zero attached hydrogens (tertiary/aromatic N) is 2. The van der Waals surface area contributed by atoms with Crippen molar-refractivity contribution in [2.45, 2.75) is 25.1 Å². The molecule has 1 aromatic heterocycles. The summed E-state index contributed by atoms with van der Waals surface area (Å²) < 4.78 is 5.88. The molecule has 1 N–H and O–H groups in total. The number of pyridine rings is 1. The average Bonchev–Trinajstić information content (AvgIpc) is 2.81. The van der Waals surface area contributed by atoms with Crippen molar-refractivity contribution in [2.75, 3.05) is 5.32 Å². The summed E-state index contributed by atoms with van der Waals surface area (Å²) in [6.45, 7) is 4.26.